The SMILES string of the molecule is CC(=O)c1cc2c(cc1NC(=O)C[NH2+][C@H](C)c1ccc(Cl)cc1Cl)OCO2. The lowest BCUT2D eigenvalue weighted by atomic mass is 10.1. The number of hydrogen-bond acceptors (Lipinski definition) is 4. The van der Waals surface area contributed by atoms with Gasteiger partial charge in [-0.3, -0.25) is 9.59 Å². The average Bonchev–Trinajstić information content (AvgIpc) is 3.06. The molecule has 0 aromatic heterocycles. The summed E-state index contributed by atoms with van der Waals surface area (Å²) in [6, 6.07) is 8.43. The van der Waals surface area contributed by atoms with Gasteiger partial charge in [-0.1, -0.05) is 29.3 Å². The molecular weight excluding hydrogens is 391 g/mol. The van der Waals surface area contributed by atoms with E-state index in [-0.39, 0.29) is 31.1 Å². The summed E-state index contributed by atoms with van der Waals surface area (Å²) in [5.74, 6) is 0.582. The van der Waals surface area contributed by atoms with Gasteiger partial charge in [0.2, 0.25) is 6.79 Å². The minimum absolute atomic E-state index is 0.0375. The highest BCUT2D eigenvalue weighted by Gasteiger charge is 2.21. The Bertz CT molecular complexity index is 902. The molecule has 0 spiro atoms. The average molecular weight is 410 g/mol. The molecule has 2 aromatic carbocycles. The van der Waals surface area contributed by atoms with Crippen LogP contribution >= 0.6 is 23.2 Å². The maximum Gasteiger partial charge on any atom is 0.279 e. The number of carbonyl (C=O) groups is 2. The first-order valence-electron chi connectivity index (χ1n) is 8.38. The van der Waals surface area contributed by atoms with Gasteiger partial charge in [-0.2, -0.15) is 0 Å². The third kappa shape index (κ3) is 4.53. The predicted molar refractivity (Wildman–Crippen MR) is 103 cm³/mol. The van der Waals surface area contributed by atoms with Gasteiger partial charge in [0.25, 0.3) is 5.91 Å². The molecule has 1 atom stereocenters. The van der Waals surface area contributed by atoms with Crippen molar-refractivity contribution in [2.24, 2.45) is 0 Å². The molecule has 1 aliphatic rings. The number of anilines is 1. The number of quaternary nitrogens is 1. The number of hydrogen-bond donors (Lipinski definition) is 2. The Labute approximate surface area is 166 Å². The van der Waals surface area contributed by atoms with E-state index in [2.05, 4.69) is 5.32 Å². The molecule has 0 fully saturated rings. The third-order valence-corrected chi connectivity index (χ3v) is 4.84. The van der Waals surface area contributed by atoms with Gasteiger partial charge in [0.1, 0.15) is 6.04 Å². The highest BCUT2D eigenvalue weighted by atomic mass is 35.5. The molecule has 0 saturated carbocycles. The third-order valence-electron chi connectivity index (χ3n) is 4.28. The molecule has 1 aliphatic heterocycles. The van der Waals surface area contributed by atoms with Crippen LogP contribution in [0.3, 0.4) is 0 Å². The Hall–Kier alpha value is -2.28. The normalized spacial score (nSPS) is 13.3. The first-order valence-corrected chi connectivity index (χ1v) is 9.13. The summed E-state index contributed by atoms with van der Waals surface area (Å²) < 4.78 is 10.6. The Morgan fingerprint density at radius 2 is 1.89 bits per heavy atom. The standard InChI is InChI=1S/C19H18Cl2N2O4/c1-10(13-4-3-12(20)5-15(13)21)22-8-19(25)23-16-7-18-17(26-9-27-18)6-14(16)11(2)24/h3-7,10,22H,8-9H2,1-2H3,(H,23,25)/p+1/t10-/m1/s1. The summed E-state index contributed by atoms with van der Waals surface area (Å²) in [5, 5.41) is 5.74. The van der Waals surface area contributed by atoms with Crippen LogP contribution in [0.1, 0.15) is 35.8 Å². The monoisotopic (exact) mass is 409 g/mol. The summed E-state index contributed by atoms with van der Waals surface area (Å²) in [4.78, 5) is 24.3. The van der Waals surface area contributed by atoms with Crippen LogP contribution in [0.5, 0.6) is 11.5 Å². The van der Waals surface area contributed by atoms with E-state index in [1.54, 1.807) is 24.3 Å². The minimum atomic E-state index is -0.242. The van der Waals surface area contributed by atoms with Crippen molar-refractivity contribution in [3.05, 3.63) is 51.5 Å². The van der Waals surface area contributed by atoms with Crippen LogP contribution in [0, 0.1) is 0 Å². The highest BCUT2D eigenvalue weighted by Crippen LogP contribution is 2.37. The second kappa shape index (κ2) is 8.17. The summed E-state index contributed by atoms with van der Waals surface area (Å²) >= 11 is 12.1. The van der Waals surface area contributed by atoms with E-state index in [0.717, 1.165) is 5.56 Å². The van der Waals surface area contributed by atoms with E-state index in [9.17, 15) is 9.59 Å². The molecule has 3 rings (SSSR count). The second-order valence-corrected chi connectivity index (χ2v) is 7.09. The van der Waals surface area contributed by atoms with Crippen LogP contribution in [0.2, 0.25) is 10.0 Å². The molecule has 0 radical (unpaired) electrons. The Morgan fingerprint density at radius 1 is 1.19 bits per heavy atom. The quantitative estimate of drug-likeness (QED) is 0.717. The maximum atomic E-state index is 12.4. The Morgan fingerprint density at radius 3 is 2.56 bits per heavy atom. The molecule has 2 aromatic rings. The van der Waals surface area contributed by atoms with Gasteiger partial charge in [-0.05, 0) is 32.0 Å². The zero-order valence-electron chi connectivity index (χ0n) is 14.8. The van der Waals surface area contributed by atoms with Crippen molar-refractivity contribution in [1.29, 1.82) is 0 Å². The fourth-order valence-corrected chi connectivity index (χ4v) is 3.40. The lowest BCUT2D eigenvalue weighted by Crippen LogP contribution is -2.86. The first-order chi connectivity index (χ1) is 12.8. The zero-order chi connectivity index (χ0) is 19.6. The summed E-state index contributed by atoms with van der Waals surface area (Å²) in [6.07, 6.45) is 0. The molecule has 142 valence electrons. The molecule has 1 heterocycles. The molecule has 3 N–H and O–H groups in total. The van der Waals surface area contributed by atoms with Gasteiger partial charge in [-0.25, -0.2) is 0 Å². The number of nitrogens with two attached hydrogens (primary N) is 1. The number of benzene rings is 2. The van der Waals surface area contributed by atoms with Gasteiger partial charge in [-0.15, -0.1) is 0 Å². The van der Waals surface area contributed by atoms with E-state index in [1.807, 2.05) is 18.3 Å². The van der Waals surface area contributed by atoms with Gasteiger partial charge >= 0.3 is 0 Å². The largest absolute Gasteiger partial charge is 0.454 e. The second-order valence-electron chi connectivity index (χ2n) is 6.25. The molecule has 0 unspecified atom stereocenters. The number of ketones is 1. The van der Waals surface area contributed by atoms with Gasteiger partial charge in [0, 0.05) is 22.2 Å². The molecular formula is C19H19Cl2N2O4+. The smallest absolute Gasteiger partial charge is 0.279 e. The van der Waals surface area contributed by atoms with Crippen molar-refractivity contribution < 1.29 is 24.4 Å². The number of halogens is 2. The fourth-order valence-electron chi connectivity index (χ4n) is 2.82. The predicted octanol–water partition coefficient (Wildman–Crippen LogP) is 3.19. The number of ether oxygens (including phenoxy) is 2. The Kier molecular flexibility index (Phi) is 5.89. The van der Waals surface area contributed by atoms with Gasteiger partial charge < -0.3 is 20.1 Å². The molecule has 27 heavy (non-hydrogen) atoms. The minimum Gasteiger partial charge on any atom is -0.454 e. The molecule has 0 saturated heterocycles. The topological polar surface area (TPSA) is 81.2 Å². The zero-order valence-corrected chi connectivity index (χ0v) is 16.4. The number of fused-ring (bicyclic) bond motifs is 1. The van der Waals surface area contributed by atoms with Crippen molar-refractivity contribution in [1.82, 2.24) is 0 Å². The number of amides is 1. The van der Waals surface area contributed by atoms with Crippen molar-refractivity contribution in [3.8, 4) is 11.5 Å². The van der Waals surface area contributed by atoms with Gasteiger partial charge in [0.05, 0.1) is 10.7 Å². The van der Waals surface area contributed by atoms with E-state index in [0.29, 0.717) is 32.8 Å². The van der Waals surface area contributed by atoms with Crippen LogP contribution < -0.4 is 20.1 Å². The van der Waals surface area contributed by atoms with Crippen molar-refractivity contribution in [2.45, 2.75) is 19.9 Å². The molecule has 0 bridgehead atoms. The summed E-state index contributed by atoms with van der Waals surface area (Å²) in [7, 11) is 0. The van der Waals surface area contributed by atoms with Crippen LogP contribution in [0.15, 0.2) is 30.3 Å². The fraction of sp³-hybridized carbons (Fsp3) is 0.263. The number of rotatable bonds is 6. The lowest BCUT2D eigenvalue weighted by Gasteiger charge is -2.14. The summed E-state index contributed by atoms with van der Waals surface area (Å²) in [6.45, 7) is 3.64. The molecule has 0 aliphatic carbocycles. The molecule has 8 heteroatoms. The van der Waals surface area contributed by atoms with Gasteiger partial charge in [0.15, 0.2) is 23.8 Å². The number of Topliss-reactive ketones (excluding diaryl/α,β-unsaturated/α-hetero) is 1. The Balaban J connectivity index is 1.66. The van der Waals surface area contributed by atoms with Crippen LogP contribution in [-0.4, -0.2) is 25.0 Å². The molecule has 6 nitrogen and oxygen atoms in total. The number of nitrogens with one attached hydrogen (secondary N) is 1. The van der Waals surface area contributed by atoms with E-state index < -0.39 is 0 Å². The van der Waals surface area contributed by atoms with Crippen LogP contribution in [-0.2, 0) is 4.79 Å². The maximum absolute atomic E-state index is 12.4. The lowest BCUT2D eigenvalue weighted by molar-refractivity contribution is -0.682. The first kappa shape index (κ1) is 19.5. The van der Waals surface area contributed by atoms with E-state index >= 15 is 0 Å². The summed E-state index contributed by atoms with van der Waals surface area (Å²) in [5.41, 5.74) is 1.67. The number of carbonyl (C=O) groups excluding carboxylic acids is 2. The van der Waals surface area contributed by atoms with Crippen LogP contribution in [0.4, 0.5) is 5.69 Å². The van der Waals surface area contributed by atoms with Crippen molar-refractivity contribution in [2.75, 3.05) is 18.7 Å². The van der Waals surface area contributed by atoms with Crippen molar-refractivity contribution >= 4 is 40.6 Å². The van der Waals surface area contributed by atoms with E-state index in [1.165, 1.54) is 6.92 Å². The molecule has 1 amide bonds. The van der Waals surface area contributed by atoms with E-state index in [4.69, 9.17) is 32.7 Å². The van der Waals surface area contributed by atoms with Crippen molar-refractivity contribution in [3.63, 3.8) is 0 Å². The highest BCUT2D eigenvalue weighted by molar-refractivity contribution is 6.35. The van der Waals surface area contributed by atoms with Crippen LogP contribution in [0.25, 0.3) is 0 Å².